The van der Waals surface area contributed by atoms with Gasteiger partial charge in [0, 0.05) is 41.8 Å². The average molecular weight is 369 g/mol. The van der Waals surface area contributed by atoms with E-state index in [0.29, 0.717) is 11.6 Å². The van der Waals surface area contributed by atoms with Crippen LogP contribution in [0.1, 0.15) is 17.3 Å². The van der Waals surface area contributed by atoms with Crippen molar-refractivity contribution in [2.45, 2.75) is 13.0 Å². The molecule has 0 saturated heterocycles. The van der Waals surface area contributed by atoms with Crippen LogP contribution in [0.25, 0.3) is 11.4 Å². The van der Waals surface area contributed by atoms with Gasteiger partial charge in [0.25, 0.3) is 0 Å². The molecule has 1 aromatic carbocycles. The molecule has 0 fully saturated rings. The van der Waals surface area contributed by atoms with Gasteiger partial charge in [-0.05, 0) is 45.3 Å². The first kappa shape index (κ1) is 18.8. The Morgan fingerprint density at radius 1 is 1.07 bits per heavy atom. The fraction of sp³-hybridized carbons (Fsp3) is 0.250. The number of hydrogen-bond acceptors (Lipinski definition) is 5. The molecule has 5 nitrogen and oxygen atoms in total. The van der Waals surface area contributed by atoms with Gasteiger partial charge in [-0.15, -0.1) is 0 Å². The standard InChI is InChI=1S/C20H21F2N5/c1-13-10-18(26-20(25-13)14-6-5-9-23-11-14)24-12-17(27(2)3)19-15(21)7-4-8-16(19)22/h4-11,17H,12H2,1-3H3,(H,24,25,26). The predicted molar refractivity (Wildman–Crippen MR) is 101 cm³/mol. The van der Waals surface area contributed by atoms with Crippen LogP contribution < -0.4 is 5.32 Å². The van der Waals surface area contributed by atoms with Crippen LogP contribution in [-0.4, -0.2) is 40.5 Å². The Bertz CT molecular complexity index is 895. The maximum atomic E-state index is 14.2. The largest absolute Gasteiger partial charge is 0.368 e. The van der Waals surface area contributed by atoms with Crippen molar-refractivity contribution in [3.05, 3.63) is 71.7 Å². The smallest absolute Gasteiger partial charge is 0.163 e. The second kappa shape index (κ2) is 8.18. The first-order valence-corrected chi connectivity index (χ1v) is 8.56. The molecule has 0 amide bonds. The van der Waals surface area contributed by atoms with Gasteiger partial charge in [-0.1, -0.05) is 6.07 Å². The highest BCUT2D eigenvalue weighted by Crippen LogP contribution is 2.25. The second-order valence-electron chi connectivity index (χ2n) is 6.46. The highest BCUT2D eigenvalue weighted by molar-refractivity contribution is 5.56. The number of aryl methyl sites for hydroxylation is 1. The van der Waals surface area contributed by atoms with E-state index in [1.165, 1.54) is 18.2 Å². The van der Waals surface area contributed by atoms with Gasteiger partial charge >= 0.3 is 0 Å². The summed E-state index contributed by atoms with van der Waals surface area (Å²) >= 11 is 0. The third kappa shape index (κ3) is 4.43. The highest BCUT2D eigenvalue weighted by atomic mass is 19.1. The summed E-state index contributed by atoms with van der Waals surface area (Å²) in [5, 5.41) is 3.18. The minimum Gasteiger partial charge on any atom is -0.368 e. The topological polar surface area (TPSA) is 53.9 Å². The van der Waals surface area contributed by atoms with Crippen molar-refractivity contribution in [2.75, 3.05) is 26.0 Å². The number of aromatic nitrogens is 3. The van der Waals surface area contributed by atoms with E-state index in [1.807, 2.05) is 19.1 Å². The Morgan fingerprint density at radius 3 is 2.44 bits per heavy atom. The molecule has 1 N–H and O–H groups in total. The molecule has 140 valence electrons. The third-order valence-corrected chi connectivity index (χ3v) is 4.21. The van der Waals surface area contributed by atoms with Gasteiger partial charge in [0.15, 0.2) is 5.82 Å². The molecule has 27 heavy (non-hydrogen) atoms. The number of hydrogen-bond donors (Lipinski definition) is 1. The van der Waals surface area contributed by atoms with E-state index in [0.717, 1.165) is 11.3 Å². The summed E-state index contributed by atoms with van der Waals surface area (Å²) in [6, 6.07) is 8.89. The number of anilines is 1. The van der Waals surface area contributed by atoms with Gasteiger partial charge in [0.1, 0.15) is 17.5 Å². The molecule has 3 rings (SSSR count). The van der Waals surface area contributed by atoms with E-state index in [2.05, 4.69) is 20.3 Å². The summed E-state index contributed by atoms with van der Waals surface area (Å²) in [6.07, 6.45) is 3.37. The van der Waals surface area contributed by atoms with Crippen LogP contribution in [-0.2, 0) is 0 Å². The van der Waals surface area contributed by atoms with Gasteiger partial charge in [-0.3, -0.25) is 4.98 Å². The minimum atomic E-state index is -0.564. The molecule has 0 spiro atoms. The third-order valence-electron chi connectivity index (χ3n) is 4.21. The summed E-state index contributed by atoms with van der Waals surface area (Å²) < 4.78 is 28.4. The average Bonchev–Trinajstić information content (AvgIpc) is 2.64. The Kier molecular flexibility index (Phi) is 5.71. The molecule has 3 aromatic rings. The van der Waals surface area contributed by atoms with E-state index in [4.69, 9.17) is 0 Å². The molecule has 7 heteroatoms. The lowest BCUT2D eigenvalue weighted by atomic mass is 10.0. The lowest BCUT2D eigenvalue weighted by Crippen LogP contribution is -2.29. The van der Waals surface area contributed by atoms with Crippen LogP contribution in [0.2, 0.25) is 0 Å². The predicted octanol–water partition coefficient (Wildman–Crippen LogP) is 3.84. The second-order valence-corrected chi connectivity index (χ2v) is 6.46. The maximum absolute atomic E-state index is 14.2. The van der Waals surface area contributed by atoms with E-state index >= 15 is 0 Å². The molecule has 2 heterocycles. The quantitative estimate of drug-likeness (QED) is 0.715. The van der Waals surface area contributed by atoms with Crippen molar-refractivity contribution in [1.82, 2.24) is 19.9 Å². The number of rotatable bonds is 6. The first-order chi connectivity index (χ1) is 13.0. The van der Waals surface area contributed by atoms with E-state index in [1.54, 1.807) is 37.5 Å². The minimum absolute atomic E-state index is 0.0354. The van der Waals surface area contributed by atoms with Gasteiger partial charge in [-0.25, -0.2) is 18.7 Å². The van der Waals surface area contributed by atoms with Crippen LogP contribution in [0.4, 0.5) is 14.6 Å². The van der Waals surface area contributed by atoms with Crippen LogP contribution in [0.3, 0.4) is 0 Å². The zero-order valence-corrected chi connectivity index (χ0v) is 15.4. The Balaban J connectivity index is 1.85. The summed E-state index contributed by atoms with van der Waals surface area (Å²) in [5.41, 5.74) is 1.62. The van der Waals surface area contributed by atoms with Crippen molar-refractivity contribution in [3.8, 4) is 11.4 Å². The van der Waals surface area contributed by atoms with Crippen molar-refractivity contribution in [2.24, 2.45) is 0 Å². The summed E-state index contributed by atoms with van der Waals surface area (Å²) in [5.74, 6) is 0.00450. The van der Waals surface area contributed by atoms with Gasteiger partial charge in [0.05, 0.1) is 6.04 Å². The van der Waals surface area contributed by atoms with Crippen molar-refractivity contribution in [3.63, 3.8) is 0 Å². The highest BCUT2D eigenvalue weighted by Gasteiger charge is 2.22. The molecule has 2 aromatic heterocycles. The zero-order chi connectivity index (χ0) is 19.4. The molecule has 0 saturated carbocycles. The first-order valence-electron chi connectivity index (χ1n) is 8.56. The van der Waals surface area contributed by atoms with Crippen molar-refractivity contribution < 1.29 is 8.78 Å². The normalized spacial score (nSPS) is 12.2. The number of nitrogens with zero attached hydrogens (tertiary/aromatic N) is 4. The summed E-state index contributed by atoms with van der Waals surface area (Å²) in [4.78, 5) is 14.8. The van der Waals surface area contributed by atoms with Crippen LogP contribution >= 0.6 is 0 Å². The molecule has 0 bridgehead atoms. The van der Waals surface area contributed by atoms with Crippen LogP contribution in [0.5, 0.6) is 0 Å². The van der Waals surface area contributed by atoms with E-state index in [-0.39, 0.29) is 12.1 Å². The van der Waals surface area contributed by atoms with Crippen molar-refractivity contribution >= 4 is 5.82 Å². The Hall–Kier alpha value is -2.93. The number of pyridine rings is 1. The molecule has 0 aliphatic heterocycles. The molecule has 0 radical (unpaired) electrons. The van der Waals surface area contributed by atoms with Gasteiger partial charge < -0.3 is 10.2 Å². The Morgan fingerprint density at radius 2 is 1.81 bits per heavy atom. The monoisotopic (exact) mass is 369 g/mol. The number of benzene rings is 1. The molecular weight excluding hydrogens is 348 g/mol. The molecule has 1 atom stereocenters. The fourth-order valence-corrected chi connectivity index (χ4v) is 2.86. The fourth-order valence-electron chi connectivity index (χ4n) is 2.86. The van der Waals surface area contributed by atoms with Crippen LogP contribution in [0.15, 0.2) is 48.8 Å². The maximum Gasteiger partial charge on any atom is 0.163 e. The van der Waals surface area contributed by atoms with E-state index in [9.17, 15) is 8.78 Å². The zero-order valence-electron chi connectivity index (χ0n) is 15.4. The SMILES string of the molecule is Cc1cc(NCC(c2c(F)cccc2F)N(C)C)nc(-c2cccnc2)n1. The Labute approximate surface area is 157 Å². The van der Waals surface area contributed by atoms with Gasteiger partial charge in [-0.2, -0.15) is 0 Å². The molecular formula is C20H21F2N5. The lowest BCUT2D eigenvalue weighted by Gasteiger charge is -2.26. The van der Waals surface area contributed by atoms with Gasteiger partial charge in [0.2, 0.25) is 0 Å². The number of nitrogens with one attached hydrogen (secondary N) is 1. The van der Waals surface area contributed by atoms with Crippen molar-refractivity contribution in [1.29, 1.82) is 0 Å². The molecule has 0 aliphatic rings. The van der Waals surface area contributed by atoms with E-state index < -0.39 is 17.7 Å². The number of halogens is 2. The molecule has 1 unspecified atom stereocenters. The number of likely N-dealkylation sites (N-methyl/N-ethyl adjacent to an activating group) is 1. The summed E-state index contributed by atoms with van der Waals surface area (Å²) in [6.45, 7) is 2.15. The summed E-state index contributed by atoms with van der Waals surface area (Å²) in [7, 11) is 3.56. The molecule has 0 aliphatic carbocycles. The van der Waals surface area contributed by atoms with Crippen LogP contribution in [0, 0.1) is 18.6 Å². The lowest BCUT2D eigenvalue weighted by molar-refractivity contribution is 0.295.